The number of carbonyl (C=O) groups excluding carboxylic acids is 1. The van der Waals surface area contributed by atoms with Crippen molar-refractivity contribution in [3.8, 4) is 0 Å². The second-order valence-electron chi connectivity index (χ2n) is 6.45. The molecule has 26 heavy (non-hydrogen) atoms. The summed E-state index contributed by atoms with van der Waals surface area (Å²) in [6, 6.07) is 5.68. The van der Waals surface area contributed by atoms with E-state index in [0.717, 1.165) is 0 Å². The highest BCUT2D eigenvalue weighted by Crippen LogP contribution is 2.22. The molecule has 0 radical (unpaired) electrons. The minimum absolute atomic E-state index is 0.105. The molecule has 2 fully saturated rings. The van der Waals surface area contributed by atoms with Crippen LogP contribution in [0.5, 0.6) is 0 Å². The van der Waals surface area contributed by atoms with Crippen molar-refractivity contribution in [1.29, 1.82) is 0 Å². The second-order valence-corrected chi connectivity index (χ2v) is 8.67. The number of rotatable bonds is 4. The summed E-state index contributed by atoms with van der Waals surface area (Å²) in [5, 5.41) is 8.32. The third-order valence-corrected chi connectivity index (χ3v) is 7.11. The maximum Gasteiger partial charge on any atom is 0.335 e. The summed E-state index contributed by atoms with van der Waals surface area (Å²) in [5.41, 5.74) is 0.465. The molecule has 1 aromatic rings. The molecule has 8 nitrogen and oxygen atoms in total. The smallest absolute Gasteiger partial charge is 0.335 e. The van der Waals surface area contributed by atoms with Crippen LogP contribution in [0.4, 0.5) is 0 Å². The molecule has 1 unspecified atom stereocenters. The number of carboxylic acids is 1. The minimum Gasteiger partial charge on any atom is -0.478 e. The van der Waals surface area contributed by atoms with Crippen molar-refractivity contribution >= 4 is 21.9 Å². The predicted molar refractivity (Wildman–Crippen MR) is 93.6 cm³/mol. The van der Waals surface area contributed by atoms with Crippen LogP contribution >= 0.6 is 0 Å². The van der Waals surface area contributed by atoms with Gasteiger partial charge >= 0.3 is 5.97 Å². The van der Waals surface area contributed by atoms with Crippen molar-refractivity contribution in [2.75, 3.05) is 39.4 Å². The molecule has 1 N–H and O–H groups in total. The number of hydrogen-bond acceptors (Lipinski definition) is 5. The Morgan fingerprint density at radius 3 is 2.27 bits per heavy atom. The molecule has 0 bridgehead atoms. The van der Waals surface area contributed by atoms with Crippen molar-refractivity contribution in [2.24, 2.45) is 0 Å². The predicted octanol–water partition coefficient (Wildman–Crippen LogP) is 0.651. The largest absolute Gasteiger partial charge is 0.478 e. The monoisotopic (exact) mass is 382 g/mol. The molecule has 1 amide bonds. The first-order chi connectivity index (χ1) is 12.4. The lowest BCUT2D eigenvalue weighted by Crippen LogP contribution is -2.51. The van der Waals surface area contributed by atoms with Crippen LogP contribution in [0.25, 0.3) is 0 Å². The van der Waals surface area contributed by atoms with Gasteiger partial charge in [-0.15, -0.1) is 0 Å². The Hall–Kier alpha value is -1.97. The Kier molecular flexibility index (Phi) is 5.59. The highest BCUT2D eigenvalue weighted by molar-refractivity contribution is 7.89. The van der Waals surface area contributed by atoms with Crippen LogP contribution in [0.15, 0.2) is 24.3 Å². The van der Waals surface area contributed by atoms with Gasteiger partial charge in [-0.2, -0.15) is 4.31 Å². The van der Waals surface area contributed by atoms with Gasteiger partial charge in [0.25, 0.3) is 5.91 Å². The van der Waals surface area contributed by atoms with E-state index >= 15 is 0 Å². The molecule has 2 heterocycles. The number of carbonyl (C=O) groups is 2. The maximum absolute atomic E-state index is 12.8. The number of ether oxygens (including phenoxy) is 1. The topological polar surface area (TPSA) is 104 Å². The second kappa shape index (κ2) is 7.73. The van der Waals surface area contributed by atoms with Gasteiger partial charge in [0.2, 0.25) is 10.0 Å². The Bertz CT molecular complexity index is 771. The van der Waals surface area contributed by atoms with Gasteiger partial charge in [0.15, 0.2) is 0 Å². The zero-order valence-electron chi connectivity index (χ0n) is 14.3. The normalized spacial score (nSPS) is 22.2. The molecule has 9 heteroatoms. The zero-order valence-corrected chi connectivity index (χ0v) is 15.2. The van der Waals surface area contributed by atoms with Crippen LogP contribution in [-0.4, -0.2) is 79.2 Å². The lowest BCUT2D eigenvalue weighted by molar-refractivity contribution is 0.0680. The zero-order chi connectivity index (χ0) is 18.7. The Morgan fingerprint density at radius 2 is 1.65 bits per heavy atom. The van der Waals surface area contributed by atoms with E-state index in [1.54, 1.807) is 4.90 Å². The molecular weight excluding hydrogens is 360 g/mol. The van der Waals surface area contributed by atoms with Crippen molar-refractivity contribution in [2.45, 2.75) is 18.1 Å². The van der Waals surface area contributed by atoms with Gasteiger partial charge < -0.3 is 14.7 Å². The summed E-state index contributed by atoms with van der Waals surface area (Å²) in [6.07, 6.45) is 1.15. The fourth-order valence-electron chi connectivity index (χ4n) is 3.32. The van der Waals surface area contributed by atoms with Crippen molar-refractivity contribution in [3.63, 3.8) is 0 Å². The molecule has 2 saturated heterocycles. The lowest BCUT2D eigenvalue weighted by Gasteiger charge is -2.36. The molecule has 142 valence electrons. The summed E-state index contributed by atoms with van der Waals surface area (Å²) < 4.78 is 32.3. The van der Waals surface area contributed by atoms with E-state index in [0.29, 0.717) is 51.3 Å². The first-order valence-electron chi connectivity index (χ1n) is 8.59. The van der Waals surface area contributed by atoms with Crippen LogP contribution in [0.3, 0.4) is 0 Å². The third kappa shape index (κ3) is 3.89. The van der Waals surface area contributed by atoms with Crippen LogP contribution in [0.1, 0.15) is 33.6 Å². The number of carboxylic acid groups (broad SMARTS) is 1. The number of hydrogen-bond donors (Lipinski definition) is 1. The number of aromatic carboxylic acids is 1. The van der Waals surface area contributed by atoms with Crippen LogP contribution < -0.4 is 0 Å². The molecule has 2 aliphatic heterocycles. The molecular formula is C17H22N2O6S. The van der Waals surface area contributed by atoms with Crippen molar-refractivity contribution in [1.82, 2.24) is 9.21 Å². The molecule has 3 rings (SSSR count). The lowest BCUT2D eigenvalue weighted by atomic mass is 10.1. The van der Waals surface area contributed by atoms with Gasteiger partial charge in [0.05, 0.1) is 24.0 Å². The van der Waals surface area contributed by atoms with E-state index in [1.807, 2.05) is 0 Å². The molecule has 1 aromatic carbocycles. The Morgan fingerprint density at radius 1 is 1.04 bits per heavy atom. The number of morpholine rings is 1. The highest BCUT2D eigenvalue weighted by atomic mass is 32.2. The molecule has 0 saturated carbocycles. The van der Waals surface area contributed by atoms with E-state index in [9.17, 15) is 18.0 Å². The maximum atomic E-state index is 12.8. The van der Waals surface area contributed by atoms with Gasteiger partial charge in [-0.05, 0) is 37.1 Å². The SMILES string of the molecule is O=C(O)c1ccc(C(=O)N2CCCC(S(=O)(=O)N3CCOCC3)C2)cc1. The quantitative estimate of drug-likeness (QED) is 0.820. The van der Waals surface area contributed by atoms with Crippen LogP contribution in [-0.2, 0) is 14.8 Å². The van der Waals surface area contributed by atoms with Gasteiger partial charge in [0, 0.05) is 31.7 Å². The first kappa shape index (κ1) is 18.8. The average Bonchev–Trinajstić information content (AvgIpc) is 2.68. The first-order valence-corrected chi connectivity index (χ1v) is 10.1. The van der Waals surface area contributed by atoms with Crippen molar-refractivity contribution < 1.29 is 27.9 Å². The molecule has 0 aliphatic carbocycles. The van der Waals surface area contributed by atoms with E-state index in [2.05, 4.69) is 0 Å². The van der Waals surface area contributed by atoms with Gasteiger partial charge in [0.1, 0.15) is 0 Å². The number of nitrogens with zero attached hydrogens (tertiary/aromatic N) is 2. The number of piperidine rings is 1. The molecule has 1 atom stereocenters. The van der Waals surface area contributed by atoms with Gasteiger partial charge in [-0.3, -0.25) is 4.79 Å². The number of sulfonamides is 1. The van der Waals surface area contributed by atoms with Gasteiger partial charge in [-0.1, -0.05) is 0 Å². The third-order valence-electron chi connectivity index (χ3n) is 4.80. The fourth-order valence-corrected chi connectivity index (χ4v) is 5.23. The fraction of sp³-hybridized carbons (Fsp3) is 0.529. The van der Waals surface area contributed by atoms with E-state index < -0.39 is 21.2 Å². The summed E-state index contributed by atoms with van der Waals surface area (Å²) in [7, 11) is -3.47. The van der Waals surface area contributed by atoms with Crippen molar-refractivity contribution in [3.05, 3.63) is 35.4 Å². The molecule has 2 aliphatic rings. The Balaban J connectivity index is 1.71. The Labute approximate surface area is 152 Å². The van der Waals surface area contributed by atoms with Crippen LogP contribution in [0, 0.1) is 0 Å². The number of amides is 1. The summed E-state index contributed by atoms with van der Waals surface area (Å²) in [6.45, 7) is 2.13. The van der Waals surface area contributed by atoms with Gasteiger partial charge in [-0.25, -0.2) is 13.2 Å². The number of likely N-dealkylation sites (tertiary alicyclic amines) is 1. The van der Waals surface area contributed by atoms with E-state index in [-0.39, 0.29) is 18.0 Å². The standard InChI is InChI=1S/C17H22N2O6S/c20-16(13-3-5-14(6-4-13)17(21)22)18-7-1-2-15(12-18)26(23,24)19-8-10-25-11-9-19/h3-6,15H,1-2,7-12H2,(H,21,22). The van der Waals surface area contributed by atoms with E-state index in [4.69, 9.17) is 9.84 Å². The van der Waals surface area contributed by atoms with Crippen LogP contribution in [0.2, 0.25) is 0 Å². The summed E-state index contributed by atoms with van der Waals surface area (Å²) >= 11 is 0. The average molecular weight is 382 g/mol. The minimum atomic E-state index is -3.47. The molecule has 0 aromatic heterocycles. The summed E-state index contributed by atoms with van der Waals surface area (Å²) in [5.74, 6) is -1.33. The summed E-state index contributed by atoms with van der Waals surface area (Å²) in [4.78, 5) is 25.1. The number of benzene rings is 1. The molecule has 0 spiro atoms. The highest BCUT2D eigenvalue weighted by Gasteiger charge is 2.37. The van der Waals surface area contributed by atoms with E-state index in [1.165, 1.54) is 28.6 Å².